The molecule has 0 aromatic rings. The van der Waals surface area contributed by atoms with Crippen molar-refractivity contribution in [2.24, 2.45) is 5.41 Å². The summed E-state index contributed by atoms with van der Waals surface area (Å²) in [5, 5.41) is 54.3. The molecule has 0 fully saturated rings. The highest BCUT2D eigenvalue weighted by atomic mass is 16.3. The third kappa shape index (κ3) is 4.42. The van der Waals surface area contributed by atoms with Gasteiger partial charge in [-0.05, 0) is 12.8 Å². The van der Waals surface area contributed by atoms with Crippen LogP contribution in [0.2, 0.25) is 0 Å². The second-order valence-electron chi connectivity index (χ2n) is 3.83. The van der Waals surface area contributed by atoms with Gasteiger partial charge in [0.15, 0.2) is 0 Å². The van der Waals surface area contributed by atoms with Gasteiger partial charge in [-0.15, -0.1) is 0 Å². The highest BCUT2D eigenvalue weighted by molar-refractivity contribution is 4.83. The van der Waals surface area contributed by atoms with Crippen LogP contribution in [0.5, 0.6) is 0 Å². The van der Waals surface area contributed by atoms with Crippen molar-refractivity contribution in [3.63, 3.8) is 0 Å². The zero-order valence-electron chi connectivity index (χ0n) is 8.58. The van der Waals surface area contributed by atoms with Crippen LogP contribution in [-0.2, 0) is 0 Å². The Morgan fingerprint density at radius 2 is 1.27 bits per heavy atom. The van der Waals surface area contributed by atoms with E-state index in [4.69, 9.17) is 20.4 Å². The molecule has 2 unspecified atom stereocenters. The summed E-state index contributed by atoms with van der Waals surface area (Å²) in [6, 6.07) is 0. The van der Waals surface area contributed by atoms with Crippen LogP contribution in [0.1, 0.15) is 12.8 Å². The highest BCUT2D eigenvalue weighted by Gasteiger charge is 2.33. The van der Waals surface area contributed by atoms with Crippen molar-refractivity contribution in [2.45, 2.75) is 25.0 Å². The van der Waals surface area contributed by atoms with E-state index in [0.29, 0.717) is 0 Å². The summed E-state index contributed by atoms with van der Waals surface area (Å²) in [7, 11) is 0. The van der Waals surface area contributed by atoms with E-state index in [9.17, 15) is 10.2 Å². The molecule has 0 saturated heterocycles. The smallest absolute Gasteiger partial charge is 0.0821 e. The molecule has 0 amide bonds. The van der Waals surface area contributed by atoms with Gasteiger partial charge >= 0.3 is 0 Å². The molecule has 15 heavy (non-hydrogen) atoms. The Labute approximate surface area is 88.4 Å². The third-order valence-corrected chi connectivity index (χ3v) is 2.52. The van der Waals surface area contributed by atoms with Crippen molar-refractivity contribution < 1.29 is 30.6 Å². The van der Waals surface area contributed by atoms with Crippen molar-refractivity contribution in [1.29, 1.82) is 0 Å². The largest absolute Gasteiger partial charge is 0.396 e. The summed E-state index contributed by atoms with van der Waals surface area (Å²) in [6.45, 7) is -1.71. The molecule has 0 heterocycles. The van der Waals surface area contributed by atoms with E-state index >= 15 is 0 Å². The Morgan fingerprint density at radius 1 is 0.800 bits per heavy atom. The van der Waals surface area contributed by atoms with Gasteiger partial charge in [-0.2, -0.15) is 0 Å². The molecule has 6 nitrogen and oxygen atoms in total. The van der Waals surface area contributed by atoms with Gasteiger partial charge in [-0.25, -0.2) is 0 Å². The lowest BCUT2D eigenvalue weighted by Gasteiger charge is -2.31. The first kappa shape index (κ1) is 14.8. The fraction of sp³-hybridized carbons (Fsp3) is 1.00. The van der Waals surface area contributed by atoms with E-state index in [2.05, 4.69) is 0 Å². The van der Waals surface area contributed by atoms with Crippen LogP contribution in [0, 0.1) is 5.41 Å². The molecule has 92 valence electrons. The van der Waals surface area contributed by atoms with Crippen molar-refractivity contribution >= 4 is 0 Å². The Hall–Kier alpha value is -0.240. The third-order valence-electron chi connectivity index (χ3n) is 2.52. The van der Waals surface area contributed by atoms with Gasteiger partial charge in [0.25, 0.3) is 0 Å². The average molecular weight is 224 g/mol. The lowest BCUT2D eigenvalue weighted by Crippen LogP contribution is -2.41. The maximum Gasteiger partial charge on any atom is 0.0821 e. The molecule has 6 N–H and O–H groups in total. The minimum Gasteiger partial charge on any atom is -0.396 e. The van der Waals surface area contributed by atoms with E-state index in [1.54, 1.807) is 0 Å². The fourth-order valence-corrected chi connectivity index (χ4v) is 1.25. The molecular weight excluding hydrogens is 204 g/mol. The van der Waals surface area contributed by atoms with Gasteiger partial charge in [-0.3, -0.25) is 0 Å². The first-order valence-electron chi connectivity index (χ1n) is 4.85. The maximum absolute atomic E-state index is 9.48. The standard InChI is InChI=1S/C9H20O6/c10-2-1-7(14)8(15)3-9(4-11,5-12)6-13/h7-8,10-15H,1-6H2. The molecule has 0 radical (unpaired) electrons. The second kappa shape index (κ2) is 7.10. The van der Waals surface area contributed by atoms with Gasteiger partial charge in [-0.1, -0.05) is 0 Å². The SMILES string of the molecule is OCCC(O)C(O)CC(CO)(CO)CO. The molecule has 0 saturated carbocycles. The van der Waals surface area contributed by atoms with Crippen molar-refractivity contribution in [3.8, 4) is 0 Å². The Balaban J connectivity index is 4.27. The lowest BCUT2D eigenvalue weighted by atomic mass is 9.83. The zero-order valence-corrected chi connectivity index (χ0v) is 8.58. The van der Waals surface area contributed by atoms with Crippen LogP contribution in [0.25, 0.3) is 0 Å². The van der Waals surface area contributed by atoms with Crippen molar-refractivity contribution in [2.75, 3.05) is 26.4 Å². The minimum atomic E-state index is -1.20. The Kier molecular flexibility index (Phi) is 6.99. The van der Waals surface area contributed by atoms with E-state index in [0.717, 1.165) is 0 Å². The van der Waals surface area contributed by atoms with Crippen LogP contribution in [0.4, 0.5) is 0 Å². The molecular formula is C9H20O6. The van der Waals surface area contributed by atoms with Crippen LogP contribution in [0.15, 0.2) is 0 Å². The summed E-state index contributed by atoms with van der Waals surface area (Å²) in [5.74, 6) is 0. The average Bonchev–Trinajstić information content (AvgIpc) is 2.26. The van der Waals surface area contributed by atoms with Gasteiger partial charge in [0.05, 0.1) is 32.0 Å². The molecule has 0 aromatic heterocycles. The Morgan fingerprint density at radius 3 is 1.60 bits per heavy atom. The van der Waals surface area contributed by atoms with Crippen LogP contribution < -0.4 is 0 Å². The molecule has 0 spiro atoms. The van der Waals surface area contributed by atoms with Gasteiger partial charge < -0.3 is 30.6 Å². The zero-order chi connectivity index (χ0) is 11.9. The first-order chi connectivity index (χ1) is 7.05. The number of aliphatic hydroxyl groups excluding tert-OH is 6. The van der Waals surface area contributed by atoms with Crippen LogP contribution in [-0.4, -0.2) is 69.3 Å². The highest BCUT2D eigenvalue weighted by Crippen LogP contribution is 2.23. The molecule has 0 aliphatic carbocycles. The minimum absolute atomic E-state index is 0.0134. The van der Waals surface area contributed by atoms with Crippen LogP contribution in [0.3, 0.4) is 0 Å². The topological polar surface area (TPSA) is 121 Å². The van der Waals surface area contributed by atoms with E-state index in [1.807, 2.05) is 0 Å². The van der Waals surface area contributed by atoms with Gasteiger partial charge in [0.2, 0.25) is 0 Å². The molecule has 0 aromatic carbocycles. The predicted octanol–water partition coefficient (Wildman–Crippen LogP) is -2.56. The molecule has 6 heteroatoms. The Bertz CT molecular complexity index is 150. The van der Waals surface area contributed by atoms with E-state index in [-0.39, 0.29) is 19.4 Å². The normalized spacial score (nSPS) is 16.4. The number of hydrogen-bond acceptors (Lipinski definition) is 6. The van der Waals surface area contributed by atoms with Crippen molar-refractivity contribution in [3.05, 3.63) is 0 Å². The number of hydrogen-bond donors (Lipinski definition) is 6. The molecule has 0 rings (SSSR count). The fourth-order valence-electron chi connectivity index (χ4n) is 1.25. The van der Waals surface area contributed by atoms with E-state index in [1.165, 1.54) is 0 Å². The van der Waals surface area contributed by atoms with Gasteiger partial charge in [0.1, 0.15) is 0 Å². The molecule has 0 bridgehead atoms. The monoisotopic (exact) mass is 224 g/mol. The summed E-state index contributed by atoms with van der Waals surface area (Å²) in [5.41, 5.74) is -1.20. The van der Waals surface area contributed by atoms with Crippen molar-refractivity contribution in [1.82, 2.24) is 0 Å². The summed E-state index contributed by atoms with van der Waals surface area (Å²) < 4.78 is 0. The number of rotatable bonds is 8. The lowest BCUT2D eigenvalue weighted by molar-refractivity contribution is -0.0669. The summed E-state index contributed by atoms with van der Waals surface area (Å²) in [6.07, 6.45) is -2.43. The molecule has 0 aliphatic rings. The first-order valence-corrected chi connectivity index (χ1v) is 4.85. The van der Waals surface area contributed by atoms with E-state index < -0.39 is 37.4 Å². The summed E-state index contributed by atoms with van der Waals surface area (Å²) >= 11 is 0. The summed E-state index contributed by atoms with van der Waals surface area (Å²) in [4.78, 5) is 0. The van der Waals surface area contributed by atoms with Crippen LogP contribution >= 0.6 is 0 Å². The predicted molar refractivity (Wildman–Crippen MR) is 52.0 cm³/mol. The van der Waals surface area contributed by atoms with Gasteiger partial charge in [0, 0.05) is 12.0 Å². The molecule has 0 aliphatic heterocycles. The number of aliphatic hydroxyl groups is 6. The maximum atomic E-state index is 9.48. The molecule has 2 atom stereocenters. The quantitative estimate of drug-likeness (QED) is 0.270. The second-order valence-corrected chi connectivity index (χ2v) is 3.83.